The smallest absolute Gasteiger partial charge is 0.249 e. The molecule has 2 aromatic rings. The van der Waals surface area contributed by atoms with Gasteiger partial charge in [-0.2, -0.15) is 0 Å². The second kappa shape index (κ2) is 12.6. The molecular formula is C26H29IN2O8. The van der Waals surface area contributed by atoms with Crippen LogP contribution in [-0.2, 0) is 20.9 Å². The van der Waals surface area contributed by atoms with Crippen LogP contribution in [0.2, 0.25) is 0 Å². The van der Waals surface area contributed by atoms with Crippen LogP contribution in [0.4, 0.5) is 0 Å². The van der Waals surface area contributed by atoms with Crippen LogP contribution in [0.15, 0.2) is 54.1 Å². The van der Waals surface area contributed by atoms with Crippen LogP contribution in [0.25, 0.3) is 0 Å². The Balaban J connectivity index is 1.66. The lowest BCUT2D eigenvalue weighted by Gasteiger charge is -2.40. The number of hydrogen-bond donors (Lipinski definition) is 3. The number of amides is 2. The molecule has 10 nitrogen and oxygen atoms in total. The Morgan fingerprint density at radius 2 is 1.97 bits per heavy atom. The molecule has 0 fully saturated rings. The molecular weight excluding hydrogens is 595 g/mol. The number of aliphatic hydroxyl groups excluding tert-OH is 2. The Labute approximate surface area is 228 Å². The van der Waals surface area contributed by atoms with Gasteiger partial charge in [0, 0.05) is 32.2 Å². The molecule has 0 aromatic heterocycles. The highest BCUT2D eigenvalue weighted by Gasteiger charge is 2.40. The van der Waals surface area contributed by atoms with Gasteiger partial charge >= 0.3 is 0 Å². The molecule has 3 N–H and O–H groups in total. The minimum absolute atomic E-state index is 0.0784. The van der Waals surface area contributed by atoms with Crippen LogP contribution < -0.4 is 19.5 Å². The SMILES string of the molecule is COCC(=O)N(Cc1ccc2c(c1)OCO2)C1CC(C(=O)NCCO)=CC(Oc2ccccc2I)C1O. The predicted octanol–water partition coefficient (Wildman–Crippen LogP) is 1.61. The van der Waals surface area contributed by atoms with Crippen molar-refractivity contribution in [1.29, 1.82) is 0 Å². The summed E-state index contributed by atoms with van der Waals surface area (Å²) < 4.78 is 23.0. The van der Waals surface area contributed by atoms with Crippen molar-refractivity contribution in [2.45, 2.75) is 31.2 Å². The molecule has 4 rings (SSSR count). The fourth-order valence-electron chi connectivity index (χ4n) is 4.30. The number of benzene rings is 2. The Kier molecular flexibility index (Phi) is 9.24. The minimum Gasteiger partial charge on any atom is -0.482 e. The van der Waals surface area contributed by atoms with E-state index in [-0.39, 0.29) is 45.4 Å². The summed E-state index contributed by atoms with van der Waals surface area (Å²) in [6, 6.07) is 11.9. The van der Waals surface area contributed by atoms with Crippen molar-refractivity contribution in [3.63, 3.8) is 0 Å². The number of nitrogens with one attached hydrogen (secondary N) is 1. The summed E-state index contributed by atoms with van der Waals surface area (Å²) in [7, 11) is 1.42. The lowest BCUT2D eigenvalue weighted by atomic mass is 9.87. The number of carbonyl (C=O) groups excluding carboxylic acids is 2. The van der Waals surface area contributed by atoms with Gasteiger partial charge in [0.05, 0.1) is 16.2 Å². The van der Waals surface area contributed by atoms with Crippen LogP contribution in [0.5, 0.6) is 17.2 Å². The number of nitrogens with zero attached hydrogens (tertiary/aromatic N) is 1. The van der Waals surface area contributed by atoms with Crippen LogP contribution >= 0.6 is 22.6 Å². The summed E-state index contributed by atoms with van der Waals surface area (Å²) in [6.45, 7) is -0.0705. The molecule has 0 spiro atoms. The Bertz CT molecular complexity index is 1160. The Hall–Kier alpha value is -2.87. The quantitative estimate of drug-likeness (QED) is 0.341. The number of halogens is 1. The van der Waals surface area contributed by atoms with Crippen molar-refractivity contribution in [1.82, 2.24) is 10.2 Å². The van der Waals surface area contributed by atoms with E-state index in [1.807, 2.05) is 24.3 Å². The maximum absolute atomic E-state index is 13.2. The molecule has 3 atom stereocenters. The summed E-state index contributed by atoms with van der Waals surface area (Å²) in [5.74, 6) is 0.987. The zero-order valence-electron chi connectivity index (χ0n) is 20.3. The molecule has 2 aromatic carbocycles. The van der Waals surface area contributed by atoms with E-state index in [2.05, 4.69) is 27.9 Å². The fourth-order valence-corrected chi connectivity index (χ4v) is 4.81. The average Bonchev–Trinajstić information content (AvgIpc) is 3.36. The molecule has 0 radical (unpaired) electrons. The molecule has 37 heavy (non-hydrogen) atoms. The van der Waals surface area contributed by atoms with Crippen molar-refractivity contribution >= 4 is 34.4 Å². The number of methoxy groups -OCH3 is 1. The summed E-state index contributed by atoms with van der Waals surface area (Å²) in [4.78, 5) is 27.6. The largest absolute Gasteiger partial charge is 0.482 e. The predicted molar refractivity (Wildman–Crippen MR) is 141 cm³/mol. The highest BCUT2D eigenvalue weighted by atomic mass is 127. The van der Waals surface area contributed by atoms with Crippen molar-refractivity contribution in [2.24, 2.45) is 0 Å². The number of para-hydroxylation sites is 1. The maximum atomic E-state index is 13.2. The monoisotopic (exact) mass is 624 g/mol. The third-order valence-corrected chi connectivity index (χ3v) is 6.98. The van der Waals surface area contributed by atoms with Crippen molar-refractivity contribution < 1.29 is 38.7 Å². The molecule has 3 unspecified atom stereocenters. The number of rotatable bonds is 10. The van der Waals surface area contributed by atoms with Crippen molar-refractivity contribution in [2.75, 3.05) is 33.7 Å². The second-order valence-corrected chi connectivity index (χ2v) is 9.75. The lowest BCUT2D eigenvalue weighted by molar-refractivity contribution is -0.143. The van der Waals surface area contributed by atoms with Gasteiger partial charge in [-0.05, 0) is 58.5 Å². The van der Waals surface area contributed by atoms with E-state index < -0.39 is 24.2 Å². The molecule has 1 heterocycles. The molecule has 198 valence electrons. The summed E-state index contributed by atoms with van der Waals surface area (Å²) in [6.07, 6.45) is -0.375. The zero-order chi connectivity index (χ0) is 26.4. The number of hydrogen-bond acceptors (Lipinski definition) is 8. The van der Waals surface area contributed by atoms with E-state index in [1.165, 1.54) is 12.0 Å². The van der Waals surface area contributed by atoms with Crippen molar-refractivity contribution in [3.8, 4) is 17.2 Å². The molecule has 1 aliphatic heterocycles. The van der Waals surface area contributed by atoms with E-state index in [1.54, 1.807) is 24.3 Å². The van der Waals surface area contributed by atoms with Crippen molar-refractivity contribution in [3.05, 3.63) is 63.2 Å². The molecule has 1 aliphatic carbocycles. The zero-order valence-corrected chi connectivity index (χ0v) is 22.4. The van der Waals surface area contributed by atoms with Crippen LogP contribution in [0.3, 0.4) is 0 Å². The number of carbonyl (C=O) groups is 2. The number of ether oxygens (including phenoxy) is 4. The lowest BCUT2D eigenvalue weighted by Crippen LogP contribution is -2.55. The first-order valence-electron chi connectivity index (χ1n) is 11.8. The van der Waals surface area contributed by atoms with E-state index in [4.69, 9.17) is 24.1 Å². The minimum atomic E-state index is -1.14. The molecule has 11 heteroatoms. The first-order chi connectivity index (χ1) is 17.9. The molecule has 2 amide bonds. The second-order valence-electron chi connectivity index (χ2n) is 8.59. The number of fused-ring (bicyclic) bond motifs is 1. The van der Waals surface area contributed by atoms with Gasteiger partial charge in [0.25, 0.3) is 0 Å². The topological polar surface area (TPSA) is 127 Å². The number of aliphatic hydroxyl groups is 2. The highest BCUT2D eigenvalue weighted by molar-refractivity contribution is 14.1. The summed E-state index contributed by atoms with van der Waals surface area (Å²) >= 11 is 2.13. The van der Waals surface area contributed by atoms with Gasteiger partial charge in [-0.15, -0.1) is 0 Å². The van der Waals surface area contributed by atoms with E-state index >= 15 is 0 Å². The van der Waals surface area contributed by atoms with Crippen LogP contribution in [0, 0.1) is 3.57 Å². The third kappa shape index (κ3) is 6.53. The molecule has 2 aliphatic rings. The average molecular weight is 624 g/mol. The van der Waals surface area contributed by atoms with Gasteiger partial charge in [0.2, 0.25) is 18.6 Å². The standard InChI is InChI=1S/C26H29IN2O8/c1-34-14-24(31)29(13-16-6-7-21-22(10-16)36-15-35-21)19-11-17(26(33)28-8-9-30)12-23(25(19)32)37-20-5-3-2-4-18(20)27/h2-7,10,12,19,23,25,30,32H,8-9,11,13-15H2,1H3,(H,28,33). The van der Waals surface area contributed by atoms with Gasteiger partial charge in [-0.3, -0.25) is 9.59 Å². The first-order valence-corrected chi connectivity index (χ1v) is 12.8. The highest BCUT2D eigenvalue weighted by Crippen LogP contribution is 2.34. The normalized spacial score (nSPS) is 20.2. The molecule has 0 bridgehead atoms. The van der Waals surface area contributed by atoms with Crippen LogP contribution in [-0.4, -0.2) is 78.8 Å². The first kappa shape index (κ1) is 27.2. The third-order valence-electron chi connectivity index (χ3n) is 6.09. The van der Waals surface area contributed by atoms with E-state index in [9.17, 15) is 14.7 Å². The molecule has 0 saturated heterocycles. The van der Waals surface area contributed by atoms with E-state index in [0.717, 1.165) is 9.13 Å². The van der Waals surface area contributed by atoms with E-state index in [0.29, 0.717) is 22.8 Å². The summed E-state index contributed by atoms with van der Waals surface area (Å²) in [5.41, 5.74) is 1.11. The maximum Gasteiger partial charge on any atom is 0.249 e. The van der Waals surface area contributed by atoms with Gasteiger partial charge in [-0.1, -0.05) is 18.2 Å². The fraction of sp³-hybridized carbons (Fsp3) is 0.385. The molecule has 0 saturated carbocycles. The van der Waals surface area contributed by atoms with Gasteiger partial charge in [-0.25, -0.2) is 0 Å². The van der Waals surface area contributed by atoms with Gasteiger partial charge in [0.15, 0.2) is 11.5 Å². The van der Waals surface area contributed by atoms with Crippen LogP contribution in [0.1, 0.15) is 12.0 Å². The van der Waals surface area contributed by atoms with Gasteiger partial charge < -0.3 is 39.4 Å². The Morgan fingerprint density at radius 3 is 2.73 bits per heavy atom. The Morgan fingerprint density at radius 1 is 1.19 bits per heavy atom. The van der Waals surface area contributed by atoms with Gasteiger partial charge in [0.1, 0.15) is 24.6 Å². The summed E-state index contributed by atoms with van der Waals surface area (Å²) in [5, 5.41) is 23.3.